The Morgan fingerprint density at radius 2 is 1.80 bits per heavy atom. The summed E-state index contributed by atoms with van der Waals surface area (Å²) in [5.41, 5.74) is 2.04. The number of rotatable bonds is 5. The van der Waals surface area contributed by atoms with Crippen LogP contribution in [-0.2, 0) is 9.59 Å². The van der Waals surface area contributed by atoms with Gasteiger partial charge in [0.1, 0.15) is 12.2 Å². The Kier molecular flexibility index (Phi) is 4.74. The van der Waals surface area contributed by atoms with Crippen LogP contribution in [0, 0.1) is 6.92 Å². The SMILES string of the molecule is COc1ccc(C)cc1NC(=O)CC(=O)Nc1ccc2c(c1)OCO2. The minimum Gasteiger partial charge on any atom is -0.495 e. The van der Waals surface area contributed by atoms with E-state index in [0.717, 1.165) is 5.56 Å². The largest absolute Gasteiger partial charge is 0.495 e. The van der Waals surface area contributed by atoms with Crippen LogP contribution in [0.3, 0.4) is 0 Å². The van der Waals surface area contributed by atoms with Crippen molar-refractivity contribution in [3.05, 3.63) is 42.0 Å². The van der Waals surface area contributed by atoms with Gasteiger partial charge in [0, 0.05) is 11.8 Å². The number of fused-ring (bicyclic) bond motifs is 1. The number of aryl methyl sites for hydroxylation is 1. The van der Waals surface area contributed by atoms with Crippen molar-refractivity contribution < 1.29 is 23.8 Å². The maximum atomic E-state index is 12.1. The Bertz CT molecular complexity index is 819. The summed E-state index contributed by atoms with van der Waals surface area (Å²) in [6.45, 7) is 2.06. The fourth-order valence-electron chi connectivity index (χ4n) is 2.44. The number of hydrogen-bond acceptors (Lipinski definition) is 5. The second-order valence-electron chi connectivity index (χ2n) is 5.54. The molecule has 2 amide bonds. The molecule has 0 saturated heterocycles. The summed E-state index contributed by atoms with van der Waals surface area (Å²) in [5.74, 6) is 0.870. The number of benzene rings is 2. The van der Waals surface area contributed by atoms with Crippen LogP contribution < -0.4 is 24.8 Å². The molecule has 0 aliphatic carbocycles. The van der Waals surface area contributed by atoms with Gasteiger partial charge < -0.3 is 24.8 Å². The smallest absolute Gasteiger partial charge is 0.233 e. The molecule has 2 N–H and O–H groups in total. The van der Waals surface area contributed by atoms with E-state index in [9.17, 15) is 9.59 Å². The summed E-state index contributed by atoms with van der Waals surface area (Å²) < 4.78 is 15.7. The van der Waals surface area contributed by atoms with Crippen molar-refractivity contribution in [2.75, 3.05) is 24.5 Å². The highest BCUT2D eigenvalue weighted by molar-refractivity contribution is 6.08. The molecule has 0 unspecified atom stereocenters. The van der Waals surface area contributed by atoms with Crippen LogP contribution in [-0.4, -0.2) is 25.7 Å². The molecule has 130 valence electrons. The molecule has 1 aliphatic heterocycles. The third-order valence-corrected chi connectivity index (χ3v) is 3.61. The summed E-state index contributed by atoms with van der Waals surface area (Å²) in [5, 5.41) is 5.35. The van der Waals surface area contributed by atoms with Crippen molar-refractivity contribution in [3.63, 3.8) is 0 Å². The van der Waals surface area contributed by atoms with Gasteiger partial charge in [-0.1, -0.05) is 6.07 Å². The van der Waals surface area contributed by atoms with Gasteiger partial charge in [-0.2, -0.15) is 0 Å². The van der Waals surface area contributed by atoms with Gasteiger partial charge in [-0.15, -0.1) is 0 Å². The Hall–Kier alpha value is -3.22. The molecule has 0 saturated carbocycles. The Morgan fingerprint density at radius 3 is 2.60 bits per heavy atom. The molecule has 1 aliphatic rings. The zero-order valence-electron chi connectivity index (χ0n) is 13.9. The zero-order valence-corrected chi connectivity index (χ0v) is 13.9. The first-order chi connectivity index (χ1) is 12.0. The number of hydrogen-bond donors (Lipinski definition) is 2. The minimum absolute atomic E-state index is 0.160. The van der Waals surface area contributed by atoms with E-state index in [2.05, 4.69) is 10.6 Å². The lowest BCUT2D eigenvalue weighted by Gasteiger charge is -2.11. The summed E-state index contributed by atoms with van der Waals surface area (Å²) in [4.78, 5) is 24.2. The van der Waals surface area contributed by atoms with Crippen LogP contribution in [0.15, 0.2) is 36.4 Å². The molecule has 2 aromatic rings. The van der Waals surface area contributed by atoms with Crippen LogP contribution in [0.2, 0.25) is 0 Å². The van der Waals surface area contributed by atoms with Crippen LogP contribution in [0.4, 0.5) is 11.4 Å². The van der Waals surface area contributed by atoms with E-state index in [1.54, 1.807) is 30.3 Å². The average Bonchev–Trinajstić information content (AvgIpc) is 3.02. The van der Waals surface area contributed by atoms with Gasteiger partial charge in [0.2, 0.25) is 18.6 Å². The highest BCUT2D eigenvalue weighted by Crippen LogP contribution is 2.34. The second-order valence-corrected chi connectivity index (χ2v) is 5.54. The molecular weight excluding hydrogens is 324 g/mol. The van der Waals surface area contributed by atoms with E-state index < -0.39 is 11.8 Å². The number of nitrogens with one attached hydrogen (secondary N) is 2. The van der Waals surface area contributed by atoms with E-state index >= 15 is 0 Å². The Labute approximate surface area is 144 Å². The second kappa shape index (κ2) is 7.12. The standard InChI is InChI=1S/C18H18N2O5/c1-11-3-5-14(23-2)13(7-11)20-18(22)9-17(21)19-12-4-6-15-16(8-12)25-10-24-15/h3-8H,9-10H2,1-2H3,(H,19,21)(H,20,22). The van der Waals surface area contributed by atoms with E-state index in [-0.39, 0.29) is 13.2 Å². The molecule has 7 nitrogen and oxygen atoms in total. The van der Waals surface area contributed by atoms with Crippen molar-refractivity contribution in [2.45, 2.75) is 13.3 Å². The predicted octanol–water partition coefficient (Wildman–Crippen LogP) is 2.70. The molecule has 2 aromatic carbocycles. The highest BCUT2D eigenvalue weighted by Gasteiger charge is 2.16. The maximum absolute atomic E-state index is 12.1. The lowest BCUT2D eigenvalue weighted by molar-refractivity contribution is -0.123. The minimum atomic E-state index is -0.429. The van der Waals surface area contributed by atoms with Gasteiger partial charge in [0.15, 0.2) is 11.5 Å². The number of carbonyl (C=O) groups is 2. The number of amides is 2. The quantitative estimate of drug-likeness (QED) is 0.816. The van der Waals surface area contributed by atoms with Gasteiger partial charge in [-0.3, -0.25) is 9.59 Å². The summed E-state index contributed by atoms with van der Waals surface area (Å²) >= 11 is 0. The van der Waals surface area contributed by atoms with Crippen LogP contribution in [0.1, 0.15) is 12.0 Å². The molecule has 7 heteroatoms. The first-order valence-electron chi connectivity index (χ1n) is 7.69. The van der Waals surface area contributed by atoms with Crippen molar-refractivity contribution in [3.8, 4) is 17.2 Å². The Balaban J connectivity index is 1.59. The first kappa shape index (κ1) is 16.6. The van der Waals surface area contributed by atoms with Crippen LogP contribution in [0.5, 0.6) is 17.2 Å². The molecule has 0 fully saturated rings. The molecule has 1 heterocycles. The topological polar surface area (TPSA) is 85.9 Å². The lowest BCUT2D eigenvalue weighted by atomic mass is 10.2. The van der Waals surface area contributed by atoms with Crippen molar-refractivity contribution >= 4 is 23.2 Å². The molecule has 0 bridgehead atoms. The summed E-state index contributed by atoms with van der Waals surface area (Å²) in [6, 6.07) is 10.5. The van der Waals surface area contributed by atoms with E-state index in [0.29, 0.717) is 28.6 Å². The van der Waals surface area contributed by atoms with E-state index in [4.69, 9.17) is 14.2 Å². The van der Waals surface area contributed by atoms with Crippen LogP contribution >= 0.6 is 0 Å². The number of carbonyl (C=O) groups excluding carboxylic acids is 2. The first-order valence-corrected chi connectivity index (χ1v) is 7.69. The fourth-order valence-corrected chi connectivity index (χ4v) is 2.44. The molecule has 0 spiro atoms. The number of ether oxygens (including phenoxy) is 3. The Morgan fingerprint density at radius 1 is 1.04 bits per heavy atom. The van der Waals surface area contributed by atoms with Gasteiger partial charge in [-0.25, -0.2) is 0 Å². The fraction of sp³-hybridized carbons (Fsp3) is 0.222. The molecule has 0 atom stereocenters. The van der Waals surface area contributed by atoms with Crippen LogP contribution in [0.25, 0.3) is 0 Å². The third-order valence-electron chi connectivity index (χ3n) is 3.61. The molecular formula is C18H18N2O5. The monoisotopic (exact) mass is 342 g/mol. The van der Waals surface area contributed by atoms with Crippen molar-refractivity contribution in [1.29, 1.82) is 0 Å². The maximum Gasteiger partial charge on any atom is 0.233 e. The van der Waals surface area contributed by atoms with Gasteiger partial charge in [-0.05, 0) is 36.8 Å². The number of methoxy groups -OCH3 is 1. The average molecular weight is 342 g/mol. The third kappa shape index (κ3) is 4.00. The lowest BCUT2D eigenvalue weighted by Crippen LogP contribution is -2.21. The van der Waals surface area contributed by atoms with E-state index in [1.807, 2.05) is 13.0 Å². The van der Waals surface area contributed by atoms with Gasteiger partial charge in [0.25, 0.3) is 0 Å². The summed E-state index contributed by atoms with van der Waals surface area (Å²) in [7, 11) is 1.52. The molecule has 0 radical (unpaired) electrons. The highest BCUT2D eigenvalue weighted by atomic mass is 16.7. The van der Waals surface area contributed by atoms with E-state index in [1.165, 1.54) is 7.11 Å². The normalized spacial score (nSPS) is 11.8. The summed E-state index contributed by atoms with van der Waals surface area (Å²) in [6.07, 6.45) is -0.314. The number of anilines is 2. The van der Waals surface area contributed by atoms with Crippen molar-refractivity contribution in [2.24, 2.45) is 0 Å². The molecule has 3 rings (SSSR count). The van der Waals surface area contributed by atoms with Crippen molar-refractivity contribution in [1.82, 2.24) is 0 Å². The molecule has 0 aromatic heterocycles. The predicted molar refractivity (Wildman–Crippen MR) is 92.2 cm³/mol. The molecule has 25 heavy (non-hydrogen) atoms. The van der Waals surface area contributed by atoms with Gasteiger partial charge in [0.05, 0.1) is 12.8 Å². The zero-order chi connectivity index (χ0) is 17.8. The van der Waals surface area contributed by atoms with Gasteiger partial charge >= 0.3 is 0 Å².